The number of carbonyl (C=O) groups excluding carboxylic acids is 3. The van der Waals surface area contributed by atoms with Crippen LogP contribution in [-0.4, -0.2) is 46.7 Å². The van der Waals surface area contributed by atoms with Gasteiger partial charge in [0, 0.05) is 33.9 Å². The third-order valence-corrected chi connectivity index (χ3v) is 5.76. The van der Waals surface area contributed by atoms with Gasteiger partial charge in [0.15, 0.2) is 0 Å². The Morgan fingerprint density at radius 1 is 0.921 bits per heavy atom. The molecular formula is C28H27ClN4O5. The number of hydroxylamine groups is 1. The number of benzene rings is 3. The van der Waals surface area contributed by atoms with Gasteiger partial charge in [0.1, 0.15) is 6.04 Å². The lowest BCUT2D eigenvalue weighted by Gasteiger charge is -2.19. The largest absolute Gasteiger partial charge is 0.391 e. The molecule has 0 aliphatic carbocycles. The number of nitrogens with one attached hydrogen (secondary N) is 4. The molecule has 0 spiro atoms. The van der Waals surface area contributed by atoms with Crippen LogP contribution in [0, 0.1) is 11.8 Å². The summed E-state index contributed by atoms with van der Waals surface area (Å²) in [6.07, 6.45) is -1.20. The zero-order valence-electron chi connectivity index (χ0n) is 20.5. The van der Waals surface area contributed by atoms with Gasteiger partial charge in [-0.2, -0.15) is 0 Å². The molecule has 0 aliphatic heterocycles. The smallest absolute Gasteiger partial charge is 0.268 e. The topological polar surface area (TPSA) is 140 Å². The number of aliphatic hydroxyl groups excluding tert-OH is 1. The summed E-state index contributed by atoms with van der Waals surface area (Å²) in [5.74, 6) is 4.32. The summed E-state index contributed by atoms with van der Waals surface area (Å²) in [4.78, 5) is 36.1. The average Bonchev–Trinajstić information content (AvgIpc) is 2.92. The van der Waals surface area contributed by atoms with Crippen LogP contribution in [0.25, 0.3) is 0 Å². The van der Waals surface area contributed by atoms with E-state index in [2.05, 4.69) is 27.8 Å². The second-order valence-electron chi connectivity index (χ2n) is 8.32. The highest BCUT2D eigenvalue weighted by Gasteiger charge is 2.25. The molecule has 2 atom stereocenters. The molecule has 0 aromatic heterocycles. The van der Waals surface area contributed by atoms with Crippen LogP contribution in [0.15, 0.2) is 72.8 Å². The number of anilines is 1. The minimum absolute atomic E-state index is 0.134. The van der Waals surface area contributed by atoms with Gasteiger partial charge in [-0.15, -0.1) is 0 Å². The number of hydrogen-bond donors (Lipinski definition) is 6. The number of amides is 3. The van der Waals surface area contributed by atoms with Gasteiger partial charge >= 0.3 is 0 Å². The van der Waals surface area contributed by atoms with Crippen molar-refractivity contribution in [2.24, 2.45) is 0 Å². The fourth-order valence-electron chi connectivity index (χ4n) is 3.34. The van der Waals surface area contributed by atoms with Crippen molar-refractivity contribution in [3.63, 3.8) is 0 Å². The van der Waals surface area contributed by atoms with Crippen molar-refractivity contribution in [2.75, 3.05) is 11.9 Å². The highest BCUT2D eigenvalue weighted by Crippen LogP contribution is 2.14. The first-order chi connectivity index (χ1) is 18.3. The van der Waals surface area contributed by atoms with E-state index in [0.717, 1.165) is 11.1 Å². The summed E-state index contributed by atoms with van der Waals surface area (Å²) in [5.41, 5.74) is 4.62. The quantitative estimate of drug-likeness (QED) is 0.142. The molecule has 6 N–H and O–H groups in total. The Morgan fingerprint density at radius 3 is 2.11 bits per heavy atom. The molecule has 9 nitrogen and oxygen atoms in total. The van der Waals surface area contributed by atoms with Gasteiger partial charge in [-0.25, -0.2) is 5.48 Å². The highest BCUT2D eigenvalue weighted by molar-refractivity contribution is 6.31. The Labute approximate surface area is 225 Å². The van der Waals surface area contributed by atoms with E-state index in [9.17, 15) is 19.5 Å². The first-order valence-corrected chi connectivity index (χ1v) is 12.0. The Kier molecular flexibility index (Phi) is 10.4. The van der Waals surface area contributed by atoms with Gasteiger partial charge in [0.05, 0.1) is 12.6 Å². The maximum Gasteiger partial charge on any atom is 0.268 e. The standard InChI is InChI=1S/C28H27ClN4O5/c1-18(34)26(28(37)33-38)32-27(36)21-12-8-19(9-13-21)6-7-20-10-14-23(15-11-20)31-25(35)17-30-16-22-4-2-3-5-24(22)29/h2-5,8-15,18,26,30,34,38H,16-17H2,1H3,(H,31,35)(H,32,36)(H,33,37). The molecule has 3 amide bonds. The summed E-state index contributed by atoms with van der Waals surface area (Å²) in [7, 11) is 0. The van der Waals surface area contributed by atoms with E-state index in [0.29, 0.717) is 22.8 Å². The van der Waals surface area contributed by atoms with Crippen molar-refractivity contribution < 1.29 is 24.7 Å². The lowest BCUT2D eigenvalue weighted by Crippen LogP contribution is -2.51. The summed E-state index contributed by atoms with van der Waals surface area (Å²) in [6.45, 7) is 1.94. The molecule has 38 heavy (non-hydrogen) atoms. The highest BCUT2D eigenvalue weighted by atomic mass is 35.5. The molecule has 0 saturated heterocycles. The Balaban J connectivity index is 1.51. The molecule has 0 fully saturated rings. The average molecular weight is 535 g/mol. The van der Waals surface area contributed by atoms with Crippen LogP contribution in [-0.2, 0) is 16.1 Å². The van der Waals surface area contributed by atoms with Crippen LogP contribution in [0.5, 0.6) is 0 Å². The number of rotatable bonds is 9. The second-order valence-corrected chi connectivity index (χ2v) is 8.72. The van der Waals surface area contributed by atoms with Gasteiger partial charge in [0.2, 0.25) is 5.91 Å². The maximum absolute atomic E-state index is 12.4. The van der Waals surface area contributed by atoms with Crippen molar-refractivity contribution in [2.45, 2.75) is 25.6 Å². The second kappa shape index (κ2) is 13.9. The monoisotopic (exact) mass is 534 g/mol. The minimum atomic E-state index is -1.30. The summed E-state index contributed by atoms with van der Waals surface area (Å²) >= 11 is 6.11. The Bertz CT molecular complexity index is 1330. The normalized spacial score (nSPS) is 11.9. The zero-order valence-corrected chi connectivity index (χ0v) is 21.3. The first kappa shape index (κ1) is 28.4. The first-order valence-electron chi connectivity index (χ1n) is 11.7. The predicted octanol–water partition coefficient (Wildman–Crippen LogP) is 2.45. The van der Waals surface area contributed by atoms with E-state index in [1.165, 1.54) is 24.5 Å². The lowest BCUT2D eigenvalue weighted by molar-refractivity contribution is -0.133. The van der Waals surface area contributed by atoms with E-state index in [1.54, 1.807) is 42.5 Å². The third kappa shape index (κ3) is 8.44. The summed E-state index contributed by atoms with van der Waals surface area (Å²) < 4.78 is 0. The minimum Gasteiger partial charge on any atom is -0.391 e. The van der Waals surface area contributed by atoms with E-state index in [-0.39, 0.29) is 18.0 Å². The molecule has 0 radical (unpaired) electrons. The van der Waals surface area contributed by atoms with Crippen molar-refractivity contribution >= 4 is 35.0 Å². The van der Waals surface area contributed by atoms with E-state index in [1.807, 2.05) is 18.2 Å². The van der Waals surface area contributed by atoms with Gasteiger partial charge < -0.3 is 21.1 Å². The summed E-state index contributed by atoms with van der Waals surface area (Å²) in [6, 6.07) is 19.6. The molecule has 0 saturated carbocycles. The molecule has 0 bridgehead atoms. The molecule has 10 heteroatoms. The van der Waals surface area contributed by atoms with E-state index < -0.39 is 24.0 Å². The predicted molar refractivity (Wildman–Crippen MR) is 144 cm³/mol. The van der Waals surface area contributed by atoms with Gasteiger partial charge in [0.25, 0.3) is 11.8 Å². The number of halogens is 1. The molecule has 3 aromatic rings. The Hall–Kier alpha value is -4.20. The van der Waals surface area contributed by atoms with Crippen molar-refractivity contribution in [3.05, 3.63) is 100 Å². The van der Waals surface area contributed by atoms with Crippen molar-refractivity contribution in [1.82, 2.24) is 16.1 Å². The van der Waals surface area contributed by atoms with Crippen LogP contribution >= 0.6 is 11.6 Å². The van der Waals surface area contributed by atoms with Crippen molar-refractivity contribution in [3.8, 4) is 11.8 Å². The SMILES string of the molecule is CC(O)C(NC(=O)c1ccc(C#Cc2ccc(NC(=O)CNCc3ccccc3Cl)cc2)cc1)C(=O)NO. The van der Waals surface area contributed by atoms with Crippen LogP contribution < -0.4 is 21.4 Å². The molecule has 196 valence electrons. The Morgan fingerprint density at radius 2 is 1.53 bits per heavy atom. The van der Waals surface area contributed by atoms with E-state index >= 15 is 0 Å². The van der Waals surface area contributed by atoms with Gasteiger partial charge in [-0.1, -0.05) is 41.6 Å². The van der Waals surface area contributed by atoms with Crippen LogP contribution in [0.3, 0.4) is 0 Å². The number of carbonyl (C=O) groups is 3. The third-order valence-electron chi connectivity index (χ3n) is 5.39. The van der Waals surface area contributed by atoms with Gasteiger partial charge in [-0.05, 0) is 67.1 Å². The van der Waals surface area contributed by atoms with Crippen molar-refractivity contribution in [1.29, 1.82) is 0 Å². The summed E-state index contributed by atoms with van der Waals surface area (Å²) in [5, 5.41) is 27.3. The maximum atomic E-state index is 12.4. The molecular weight excluding hydrogens is 508 g/mol. The number of hydrogen-bond acceptors (Lipinski definition) is 6. The number of aliphatic hydroxyl groups is 1. The molecule has 2 unspecified atom stereocenters. The molecule has 0 aliphatic rings. The van der Waals surface area contributed by atoms with Crippen LogP contribution in [0.2, 0.25) is 5.02 Å². The van der Waals surface area contributed by atoms with Crippen LogP contribution in [0.1, 0.15) is 34.0 Å². The lowest BCUT2D eigenvalue weighted by atomic mass is 10.1. The fourth-order valence-corrected chi connectivity index (χ4v) is 3.55. The fraction of sp³-hybridized carbons (Fsp3) is 0.179. The zero-order chi connectivity index (χ0) is 27.5. The molecule has 3 rings (SSSR count). The molecule has 0 heterocycles. The molecule has 3 aromatic carbocycles. The van der Waals surface area contributed by atoms with Crippen LogP contribution in [0.4, 0.5) is 5.69 Å². The van der Waals surface area contributed by atoms with Gasteiger partial charge in [-0.3, -0.25) is 19.6 Å². The van der Waals surface area contributed by atoms with E-state index in [4.69, 9.17) is 16.8 Å².